The van der Waals surface area contributed by atoms with Crippen LogP contribution in [0.2, 0.25) is 0 Å². The molecule has 0 saturated heterocycles. The Morgan fingerprint density at radius 1 is 1.22 bits per heavy atom. The van der Waals surface area contributed by atoms with Gasteiger partial charge in [0.2, 0.25) is 0 Å². The number of rotatable bonds is 7. The highest BCUT2D eigenvalue weighted by Crippen LogP contribution is 2.16. The molecule has 0 aliphatic carbocycles. The number of hydrogen-bond acceptors (Lipinski definition) is 4. The van der Waals surface area contributed by atoms with E-state index in [9.17, 15) is 4.79 Å². The maximum absolute atomic E-state index is 11.9. The minimum absolute atomic E-state index is 0. The van der Waals surface area contributed by atoms with Crippen molar-refractivity contribution in [3.05, 3.63) is 51.0 Å². The largest absolute Gasteiger partial charge is 0.356 e. The summed E-state index contributed by atoms with van der Waals surface area (Å²) in [5, 5.41) is 10.5. The van der Waals surface area contributed by atoms with Gasteiger partial charge in [-0.05, 0) is 38.5 Å². The summed E-state index contributed by atoms with van der Waals surface area (Å²) < 4.78 is 0. The zero-order chi connectivity index (χ0) is 18.9. The van der Waals surface area contributed by atoms with Gasteiger partial charge >= 0.3 is 0 Å². The first kappa shape index (κ1) is 23.4. The van der Waals surface area contributed by atoms with Crippen LogP contribution in [0, 0.1) is 13.8 Å². The van der Waals surface area contributed by atoms with E-state index in [0.29, 0.717) is 18.7 Å². The Morgan fingerprint density at radius 3 is 2.63 bits per heavy atom. The number of thiazole rings is 1. The highest BCUT2D eigenvalue weighted by Gasteiger charge is 2.06. The Balaban J connectivity index is 0.00000364. The van der Waals surface area contributed by atoms with Gasteiger partial charge in [-0.1, -0.05) is 12.1 Å². The SMILES string of the molecule is CCNC(=O)c1cccc(CNC(=NC)NCCc2nc(C)c(C)s2)c1.I. The highest BCUT2D eigenvalue weighted by atomic mass is 127. The van der Waals surface area contributed by atoms with Crippen molar-refractivity contribution in [2.24, 2.45) is 4.99 Å². The number of nitrogens with one attached hydrogen (secondary N) is 3. The number of aryl methyl sites for hydroxylation is 2. The molecule has 0 saturated carbocycles. The van der Waals surface area contributed by atoms with Gasteiger partial charge in [0.05, 0.1) is 10.7 Å². The normalized spacial score (nSPS) is 10.9. The van der Waals surface area contributed by atoms with Crippen molar-refractivity contribution in [3.63, 3.8) is 0 Å². The van der Waals surface area contributed by atoms with Gasteiger partial charge in [0.15, 0.2) is 5.96 Å². The lowest BCUT2D eigenvalue weighted by atomic mass is 10.1. The molecule has 0 unspecified atom stereocenters. The van der Waals surface area contributed by atoms with Crippen molar-refractivity contribution < 1.29 is 4.79 Å². The van der Waals surface area contributed by atoms with Crippen LogP contribution in [0.15, 0.2) is 29.3 Å². The average molecular weight is 501 g/mol. The predicted octanol–water partition coefficient (Wildman–Crippen LogP) is 3.04. The van der Waals surface area contributed by atoms with Gasteiger partial charge in [-0.25, -0.2) is 4.98 Å². The monoisotopic (exact) mass is 501 g/mol. The van der Waals surface area contributed by atoms with Crippen molar-refractivity contribution in [2.75, 3.05) is 20.1 Å². The Bertz CT molecular complexity index is 756. The molecule has 3 N–H and O–H groups in total. The zero-order valence-electron chi connectivity index (χ0n) is 16.3. The molecule has 1 heterocycles. The van der Waals surface area contributed by atoms with Gasteiger partial charge in [-0.2, -0.15) is 0 Å². The van der Waals surface area contributed by atoms with Crippen molar-refractivity contribution in [2.45, 2.75) is 33.7 Å². The molecule has 1 aromatic carbocycles. The minimum atomic E-state index is -0.0501. The van der Waals surface area contributed by atoms with Crippen LogP contribution < -0.4 is 16.0 Å². The summed E-state index contributed by atoms with van der Waals surface area (Å²) in [5.41, 5.74) is 2.81. The number of aromatic nitrogens is 1. The Kier molecular flexibility index (Phi) is 10.3. The molecule has 27 heavy (non-hydrogen) atoms. The van der Waals surface area contributed by atoms with Crippen LogP contribution in [-0.2, 0) is 13.0 Å². The second-order valence-electron chi connectivity index (χ2n) is 5.91. The molecule has 2 aromatic rings. The second-order valence-corrected chi connectivity index (χ2v) is 7.20. The summed E-state index contributed by atoms with van der Waals surface area (Å²) >= 11 is 1.74. The number of amides is 1. The van der Waals surface area contributed by atoms with Crippen molar-refractivity contribution >= 4 is 47.2 Å². The Labute approximate surface area is 182 Å². The number of carbonyl (C=O) groups excluding carboxylic acids is 1. The number of benzene rings is 1. The first-order chi connectivity index (χ1) is 12.5. The summed E-state index contributed by atoms with van der Waals surface area (Å²) in [4.78, 5) is 22.0. The molecule has 0 fully saturated rings. The van der Waals surface area contributed by atoms with Crippen LogP contribution in [0.4, 0.5) is 0 Å². The van der Waals surface area contributed by atoms with Gasteiger partial charge < -0.3 is 16.0 Å². The van der Waals surface area contributed by atoms with E-state index >= 15 is 0 Å². The van der Waals surface area contributed by atoms with E-state index in [1.165, 1.54) is 4.88 Å². The van der Waals surface area contributed by atoms with E-state index in [2.05, 4.69) is 32.9 Å². The van der Waals surface area contributed by atoms with Crippen LogP contribution in [0.3, 0.4) is 0 Å². The fourth-order valence-corrected chi connectivity index (χ4v) is 3.36. The summed E-state index contributed by atoms with van der Waals surface area (Å²) in [7, 11) is 1.75. The second kappa shape index (κ2) is 11.9. The quantitative estimate of drug-likeness (QED) is 0.310. The first-order valence-electron chi connectivity index (χ1n) is 8.78. The zero-order valence-corrected chi connectivity index (χ0v) is 19.4. The third-order valence-corrected chi connectivity index (χ3v) is 5.05. The van der Waals surface area contributed by atoms with E-state index < -0.39 is 0 Å². The van der Waals surface area contributed by atoms with Crippen LogP contribution in [-0.4, -0.2) is 37.0 Å². The van der Waals surface area contributed by atoms with Crippen molar-refractivity contribution in [1.82, 2.24) is 20.9 Å². The lowest BCUT2D eigenvalue weighted by molar-refractivity contribution is 0.0955. The topological polar surface area (TPSA) is 78.4 Å². The van der Waals surface area contributed by atoms with Crippen LogP contribution in [0.1, 0.15) is 38.4 Å². The number of aliphatic imine (C=N–C) groups is 1. The van der Waals surface area contributed by atoms with E-state index in [4.69, 9.17) is 0 Å². The van der Waals surface area contributed by atoms with E-state index in [0.717, 1.165) is 35.2 Å². The Morgan fingerprint density at radius 2 is 2.00 bits per heavy atom. The van der Waals surface area contributed by atoms with Gasteiger partial charge in [-0.15, -0.1) is 35.3 Å². The molecule has 0 spiro atoms. The lowest BCUT2D eigenvalue weighted by Crippen LogP contribution is -2.37. The number of carbonyl (C=O) groups is 1. The number of halogens is 1. The van der Waals surface area contributed by atoms with Crippen LogP contribution in [0.5, 0.6) is 0 Å². The summed E-state index contributed by atoms with van der Waals surface area (Å²) in [6.45, 7) is 8.04. The molecule has 6 nitrogen and oxygen atoms in total. The standard InChI is InChI=1S/C19H27N5OS.HI/c1-5-21-18(25)16-8-6-7-15(11-16)12-23-19(20-4)22-10-9-17-24-13(2)14(3)26-17;/h6-8,11H,5,9-10,12H2,1-4H3,(H,21,25)(H2,20,22,23);1H. The molecule has 148 valence electrons. The fourth-order valence-electron chi connectivity index (χ4n) is 2.43. The molecule has 0 radical (unpaired) electrons. The summed E-state index contributed by atoms with van der Waals surface area (Å²) in [5.74, 6) is 0.685. The molecule has 1 aromatic heterocycles. The first-order valence-corrected chi connectivity index (χ1v) is 9.59. The Hall–Kier alpha value is -1.68. The van der Waals surface area contributed by atoms with Crippen molar-refractivity contribution in [3.8, 4) is 0 Å². The average Bonchev–Trinajstić information content (AvgIpc) is 2.96. The van der Waals surface area contributed by atoms with E-state index in [-0.39, 0.29) is 29.9 Å². The molecule has 0 bridgehead atoms. The molecule has 8 heteroatoms. The molecule has 0 aliphatic heterocycles. The molecule has 0 aliphatic rings. The maximum Gasteiger partial charge on any atom is 0.251 e. The molecule has 0 atom stereocenters. The van der Waals surface area contributed by atoms with Crippen molar-refractivity contribution in [1.29, 1.82) is 0 Å². The molecule has 1 amide bonds. The van der Waals surface area contributed by atoms with Gasteiger partial charge in [0, 0.05) is 43.5 Å². The van der Waals surface area contributed by atoms with Gasteiger partial charge in [-0.3, -0.25) is 9.79 Å². The number of nitrogens with zero attached hydrogens (tertiary/aromatic N) is 2. The maximum atomic E-state index is 11.9. The van der Waals surface area contributed by atoms with Gasteiger partial charge in [0.1, 0.15) is 0 Å². The predicted molar refractivity (Wildman–Crippen MR) is 123 cm³/mol. The summed E-state index contributed by atoms with van der Waals surface area (Å²) in [6.07, 6.45) is 0.868. The van der Waals surface area contributed by atoms with E-state index in [1.807, 2.05) is 38.1 Å². The van der Waals surface area contributed by atoms with Gasteiger partial charge in [0.25, 0.3) is 5.91 Å². The molecular weight excluding hydrogens is 473 g/mol. The number of guanidine groups is 1. The summed E-state index contributed by atoms with van der Waals surface area (Å²) in [6, 6.07) is 7.60. The third-order valence-electron chi connectivity index (χ3n) is 3.91. The lowest BCUT2D eigenvalue weighted by Gasteiger charge is -2.12. The fraction of sp³-hybridized carbons (Fsp3) is 0.421. The molecular formula is C19H28IN5OS. The molecule has 2 rings (SSSR count). The smallest absolute Gasteiger partial charge is 0.251 e. The van der Waals surface area contributed by atoms with E-state index in [1.54, 1.807) is 18.4 Å². The minimum Gasteiger partial charge on any atom is -0.356 e. The third kappa shape index (κ3) is 7.45. The van der Waals surface area contributed by atoms with Crippen LogP contribution >= 0.6 is 35.3 Å². The van der Waals surface area contributed by atoms with Crippen LogP contribution in [0.25, 0.3) is 0 Å². The highest BCUT2D eigenvalue weighted by molar-refractivity contribution is 14.0. The number of hydrogen-bond donors (Lipinski definition) is 3.